The second kappa shape index (κ2) is 10.3. The van der Waals surface area contributed by atoms with Gasteiger partial charge in [-0.05, 0) is 68.7 Å². The van der Waals surface area contributed by atoms with E-state index in [0.717, 1.165) is 42.4 Å². The fraction of sp³-hybridized carbons (Fsp3) is 0.577. The molecule has 0 spiro atoms. The van der Waals surface area contributed by atoms with Crippen molar-refractivity contribution in [3.05, 3.63) is 43.5 Å². The molecule has 1 fully saturated rings. The van der Waals surface area contributed by atoms with Gasteiger partial charge < -0.3 is 10.4 Å². The Morgan fingerprint density at radius 3 is 2.62 bits per heavy atom. The molecule has 1 aliphatic carbocycles. The number of thiophene rings is 1. The van der Waals surface area contributed by atoms with Crippen molar-refractivity contribution in [3.63, 3.8) is 0 Å². The Kier molecular flexibility index (Phi) is 7.60. The molecular formula is C26H35N3O3S2. The number of likely N-dealkylation sites (N-methyl/N-ethyl adjacent to an activating group) is 1. The molecule has 2 aromatic heterocycles. The Morgan fingerprint density at radius 1 is 1.26 bits per heavy atom. The minimum atomic E-state index is -0.894. The first kappa shape index (κ1) is 25.1. The summed E-state index contributed by atoms with van der Waals surface area (Å²) in [7, 11) is 0. The molecule has 4 rings (SSSR count). The van der Waals surface area contributed by atoms with Gasteiger partial charge in [-0.3, -0.25) is 9.69 Å². The van der Waals surface area contributed by atoms with Crippen molar-refractivity contribution >= 4 is 40.1 Å². The SMILES string of the molecule is CCN1CCC(c2cc(C(C)(C)NC(=O)c3cscn3)sc2C(=O)O)=C(C2CCC(C)CC2)C1. The summed E-state index contributed by atoms with van der Waals surface area (Å²) in [6.45, 7) is 11.3. The van der Waals surface area contributed by atoms with Gasteiger partial charge in [0.25, 0.3) is 5.91 Å². The number of nitrogens with zero attached hydrogens (tertiary/aromatic N) is 2. The maximum absolute atomic E-state index is 12.7. The molecule has 2 aromatic rings. The zero-order valence-electron chi connectivity index (χ0n) is 20.5. The smallest absolute Gasteiger partial charge is 0.346 e. The van der Waals surface area contributed by atoms with E-state index in [2.05, 4.69) is 29.0 Å². The fourth-order valence-corrected chi connectivity index (χ4v) is 6.84. The number of aromatic carboxylic acids is 1. The number of carboxylic acids is 1. The van der Waals surface area contributed by atoms with Gasteiger partial charge in [-0.15, -0.1) is 22.7 Å². The number of rotatable bonds is 7. The summed E-state index contributed by atoms with van der Waals surface area (Å²) in [5.74, 6) is 0.166. The van der Waals surface area contributed by atoms with E-state index < -0.39 is 11.5 Å². The second-order valence-electron chi connectivity index (χ2n) is 10.2. The maximum Gasteiger partial charge on any atom is 0.346 e. The predicted octanol–water partition coefficient (Wildman–Crippen LogP) is 5.87. The van der Waals surface area contributed by atoms with Crippen LogP contribution in [0.4, 0.5) is 0 Å². The van der Waals surface area contributed by atoms with Crippen LogP contribution < -0.4 is 5.32 Å². The van der Waals surface area contributed by atoms with Crippen LogP contribution in [0.1, 0.15) is 90.4 Å². The number of hydrogen-bond donors (Lipinski definition) is 2. The van der Waals surface area contributed by atoms with Gasteiger partial charge in [0.2, 0.25) is 0 Å². The lowest BCUT2D eigenvalue weighted by Gasteiger charge is -2.37. The molecule has 0 unspecified atom stereocenters. The summed E-state index contributed by atoms with van der Waals surface area (Å²) >= 11 is 2.66. The third kappa shape index (κ3) is 5.29. The summed E-state index contributed by atoms with van der Waals surface area (Å²) in [5.41, 5.74) is 4.83. The highest BCUT2D eigenvalue weighted by atomic mass is 32.1. The molecule has 0 saturated heterocycles. The molecule has 34 heavy (non-hydrogen) atoms. The highest BCUT2D eigenvalue weighted by Crippen LogP contribution is 2.43. The van der Waals surface area contributed by atoms with E-state index in [1.54, 1.807) is 10.9 Å². The van der Waals surface area contributed by atoms with Crippen molar-refractivity contribution in [1.82, 2.24) is 15.2 Å². The van der Waals surface area contributed by atoms with Crippen molar-refractivity contribution in [1.29, 1.82) is 0 Å². The molecule has 1 amide bonds. The second-order valence-corrected chi connectivity index (χ2v) is 12.0. The molecule has 2 N–H and O–H groups in total. The van der Waals surface area contributed by atoms with Crippen molar-refractivity contribution < 1.29 is 14.7 Å². The molecule has 8 heteroatoms. The van der Waals surface area contributed by atoms with E-state index >= 15 is 0 Å². The van der Waals surface area contributed by atoms with Crippen molar-refractivity contribution in [3.8, 4) is 0 Å². The highest BCUT2D eigenvalue weighted by Gasteiger charge is 2.33. The number of aromatic nitrogens is 1. The van der Waals surface area contributed by atoms with E-state index in [1.807, 2.05) is 19.9 Å². The van der Waals surface area contributed by atoms with Crippen LogP contribution in [0.15, 0.2) is 22.5 Å². The van der Waals surface area contributed by atoms with E-state index in [-0.39, 0.29) is 5.91 Å². The van der Waals surface area contributed by atoms with E-state index in [0.29, 0.717) is 16.5 Å². The first-order valence-electron chi connectivity index (χ1n) is 12.2. The predicted molar refractivity (Wildman–Crippen MR) is 139 cm³/mol. The topological polar surface area (TPSA) is 82.5 Å². The monoisotopic (exact) mass is 501 g/mol. The molecule has 0 atom stereocenters. The van der Waals surface area contributed by atoms with Gasteiger partial charge in [0.1, 0.15) is 10.6 Å². The Morgan fingerprint density at radius 2 is 2.00 bits per heavy atom. The van der Waals surface area contributed by atoms with Crippen LogP contribution in [0.2, 0.25) is 0 Å². The molecule has 2 aliphatic rings. The van der Waals surface area contributed by atoms with Crippen LogP contribution in [-0.2, 0) is 5.54 Å². The van der Waals surface area contributed by atoms with Crippen molar-refractivity contribution in [2.45, 2.75) is 65.3 Å². The largest absolute Gasteiger partial charge is 0.477 e. The van der Waals surface area contributed by atoms with Crippen molar-refractivity contribution in [2.24, 2.45) is 11.8 Å². The minimum absolute atomic E-state index is 0.245. The molecule has 1 aliphatic heterocycles. The highest BCUT2D eigenvalue weighted by molar-refractivity contribution is 7.14. The van der Waals surface area contributed by atoms with Crippen molar-refractivity contribution in [2.75, 3.05) is 19.6 Å². The number of carbonyl (C=O) groups excluding carboxylic acids is 1. The molecule has 0 bridgehead atoms. The lowest BCUT2D eigenvalue weighted by atomic mass is 9.75. The normalized spacial score (nSPS) is 22.1. The molecular weight excluding hydrogens is 466 g/mol. The minimum Gasteiger partial charge on any atom is -0.477 e. The number of hydrogen-bond acceptors (Lipinski definition) is 6. The summed E-state index contributed by atoms with van der Waals surface area (Å²) in [6, 6.07) is 2.03. The fourth-order valence-electron chi connectivity index (χ4n) is 5.22. The van der Waals surface area contributed by atoms with Gasteiger partial charge in [0, 0.05) is 28.9 Å². The Hall–Kier alpha value is -2.03. The standard InChI is InChI=1S/C26H35N3O3S2/c1-5-29-11-10-18(20(13-29)17-8-6-16(2)7-9-17)19-12-22(34-23(19)25(31)32)26(3,4)28-24(30)21-14-33-15-27-21/h12,14-17H,5-11,13H2,1-4H3,(H,28,30)(H,31,32). The first-order chi connectivity index (χ1) is 16.2. The lowest BCUT2D eigenvalue weighted by molar-refractivity contribution is 0.0701. The van der Waals surface area contributed by atoms with Crippen LogP contribution in [0, 0.1) is 11.8 Å². The van der Waals surface area contributed by atoms with Gasteiger partial charge in [-0.1, -0.05) is 26.7 Å². The number of nitrogens with one attached hydrogen (secondary N) is 1. The van der Waals surface area contributed by atoms with Crippen LogP contribution >= 0.6 is 22.7 Å². The molecule has 0 radical (unpaired) electrons. The molecule has 6 nitrogen and oxygen atoms in total. The number of carbonyl (C=O) groups is 2. The van der Waals surface area contributed by atoms with Crippen LogP contribution in [0.3, 0.4) is 0 Å². The van der Waals surface area contributed by atoms with Crippen LogP contribution in [0.5, 0.6) is 0 Å². The maximum atomic E-state index is 12.7. The third-order valence-electron chi connectivity index (χ3n) is 7.37. The third-order valence-corrected chi connectivity index (χ3v) is 9.41. The molecule has 1 saturated carbocycles. The Bertz CT molecular complexity index is 1060. The molecule has 3 heterocycles. The van der Waals surface area contributed by atoms with Gasteiger partial charge in [-0.2, -0.15) is 0 Å². The molecule has 184 valence electrons. The average Bonchev–Trinajstić information content (AvgIpc) is 3.50. The summed E-state index contributed by atoms with van der Waals surface area (Å²) in [4.78, 5) is 32.8. The zero-order chi connectivity index (χ0) is 24.5. The molecule has 0 aromatic carbocycles. The zero-order valence-corrected chi connectivity index (χ0v) is 22.2. The quantitative estimate of drug-likeness (QED) is 0.496. The number of thiazole rings is 1. The van der Waals surface area contributed by atoms with E-state index in [1.165, 1.54) is 59.5 Å². The van der Waals surface area contributed by atoms with Crippen LogP contribution in [-0.4, -0.2) is 46.5 Å². The summed E-state index contributed by atoms with van der Waals surface area (Å²) < 4.78 is 0. The lowest BCUT2D eigenvalue weighted by Crippen LogP contribution is -2.40. The van der Waals surface area contributed by atoms with E-state index in [4.69, 9.17) is 0 Å². The van der Waals surface area contributed by atoms with Gasteiger partial charge in [0.15, 0.2) is 0 Å². The Labute approximate surface area is 210 Å². The summed E-state index contributed by atoms with van der Waals surface area (Å²) in [5, 5.41) is 14.9. The van der Waals surface area contributed by atoms with Gasteiger partial charge in [-0.25, -0.2) is 9.78 Å². The Balaban J connectivity index is 1.71. The van der Waals surface area contributed by atoms with Crippen LogP contribution in [0.25, 0.3) is 5.57 Å². The van der Waals surface area contributed by atoms with E-state index in [9.17, 15) is 14.7 Å². The number of carboxylic acid groups (broad SMARTS) is 1. The summed E-state index contributed by atoms with van der Waals surface area (Å²) in [6.07, 6.45) is 5.73. The van der Waals surface area contributed by atoms with Gasteiger partial charge >= 0.3 is 5.97 Å². The van der Waals surface area contributed by atoms with Gasteiger partial charge in [0.05, 0.1) is 11.0 Å². The first-order valence-corrected chi connectivity index (χ1v) is 14.0. The number of amides is 1. The average molecular weight is 502 g/mol.